The van der Waals surface area contributed by atoms with E-state index in [9.17, 15) is 10.1 Å². The lowest BCUT2D eigenvalue weighted by Crippen LogP contribution is -2.11. The third-order valence-electron chi connectivity index (χ3n) is 1.49. The van der Waals surface area contributed by atoms with Crippen LogP contribution in [0.1, 0.15) is 0 Å². The summed E-state index contributed by atoms with van der Waals surface area (Å²) in [6.45, 7) is 0.544. The van der Waals surface area contributed by atoms with Gasteiger partial charge in [0.15, 0.2) is 5.75 Å². The molecule has 0 saturated heterocycles. The van der Waals surface area contributed by atoms with Gasteiger partial charge in [-0.05, 0) is 12.1 Å². The Bertz CT molecular complexity index is 343. The zero-order chi connectivity index (χ0) is 10.6. The van der Waals surface area contributed by atoms with Crippen LogP contribution in [0.25, 0.3) is 0 Å². The molecular weight excluding hydrogens is 208 g/mol. The Morgan fingerprint density at radius 2 is 2.29 bits per heavy atom. The van der Waals surface area contributed by atoms with E-state index in [1.54, 1.807) is 0 Å². The first-order valence-corrected chi connectivity index (χ1v) is 4.29. The lowest BCUT2D eigenvalue weighted by molar-refractivity contribution is -0.385. The molecule has 0 aromatic heterocycles. The monoisotopic (exact) mass is 216 g/mol. The summed E-state index contributed by atoms with van der Waals surface area (Å²) in [7, 11) is 0. The molecule has 0 amide bonds. The summed E-state index contributed by atoms with van der Waals surface area (Å²) in [5, 5.41) is 10.9. The van der Waals surface area contributed by atoms with Crippen LogP contribution in [0.15, 0.2) is 18.2 Å². The second kappa shape index (κ2) is 4.78. The van der Waals surface area contributed by atoms with Crippen LogP contribution in [0.3, 0.4) is 0 Å². The number of nitrogens with two attached hydrogens (primary N) is 1. The van der Waals surface area contributed by atoms with Crippen LogP contribution in [-0.4, -0.2) is 18.1 Å². The lowest BCUT2D eigenvalue weighted by atomic mass is 10.3. The fourth-order valence-corrected chi connectivity index (χ4v) is 1.09. The first-order valence-electron chi connectivity index (χ1n) is 3.92. The number of hydrogen-bond donors (Lipinski definition) is 1. The number of nitro groups is 1. The first-order chi connectivity index (χ1) is 6.65. The largest absolute Gasteiger partial charge is 0.485 e. The molecule has 0 aliphatic rings. The third kappa shape index (κ3) is 2.58. The molecule has 0 bridgehead atoms. The first kappa shape index (κ1) is 10.7. The highest BCUT2D eigenvalue weighted by molar-refractivity contribution is 6.30. The van der Waals surface area contributed by atoms with E-state index in [-0.39, 0.29) is 18.0 Å². The van der Waals surface area contributed by atoms with Crippen LogP contribution in [0.2, 0.25) is 5.02 Å². The standard InChI is InChI=1S/C8H9ClN2O3/c9-6-1-2-8(14-4-3-10)7(5-6)11(12)13/h1-2,5H,3-4,10H2. The summed E-state index contributed by atoms with van der Waals surface area (Å²) < 4.78 is 5.08. The Kier molecular flexibility index (Phi) is 3.67. The molecule has 1 aromatic rings. The molecule has 0 unspecified atom stereocenters. The summed E-state index contributed by atoms with van der Waals surface area (Å²) in [4.78, 5) is 10.0. The Balaban J connectivity index is 2.96. The van der Waals surface area contributed by atoms with E-state index in [1.165, 1.54) is 18.2 Å². The van der Waals surface area contributed by atoms with E-state index in [0.29, 0.717) is 11.6 Å². The normalized spacial score (nSPS) is 9.86. The molecule has 76 valence electrons. The molecule has 0 atom stereocenters. The van der Waals surface area contributed by atoms with Crippen molar-refractivity contribution in [3.63, 3.8) is 0 Å². The van der Waals surface area contributed by atoms with Gasteiger partial charge in [-0.2, -0.15) is 0 Å². The minimum atomic E-state index is -0.544. The molecule has 0 spiro atoms. The zero-order valence-electron chi connectivity index (χ0n) is 7.27. The maximum absolute atomic E-state index is 10.6. The minimum absolute atomic E-state index is 0.147. The highest BCUT2D eigenvalue weighted by atomic mass is 35.5. The average molecular weight is 217 g/mol. The number of benzene rings is 1. The van der Waals surface area contributed by atoms with E-state index < -0.39 is 4.92 Å². The van der Waals surface area contributed by atoms with Gasteiger partial charge in [-0.25, -0.2) is 0 Å². The molecule has 0 aliphatic carbocycles. The van der Waals surface area contributed by atoms with E-state index in [4.69, 9.17) is 22.1 Å². The Morgan fingerprint density at radius 3 is 2.86 bits per heavy atom. The molecule has 0 heterocycles. The fourth-order valence-electron chi connectivity index (χ4n) is 0.924. The summed E-state index contributed by atoms with van der Waals surface area (Å²) in [6.07, 6.45) is 0. The number of halogens is 1. The molecule has 0 fully saturated rings. The van der Waals surface area contributed by atoms with Crippen molar-refractivity contribution in [3.8, 4) is 5.75 Å². The molecule has 2 N–H and O–H groups in total. The summed E-state index contributed by atoms with van der Waals surface area (Å²) in [5.41, 5.74) is 5.06. The quantitative estimate of drug-likeness (QED) is 0.612. The van der Waals surface area contributed by atoms with Crippen molar-refractivity contribution in [1.82, 2.24) is 0 Å². The van der Waals surface area contributed by atoms with Crippen LogP contribution >= 0.6 is 11.6 Å². The Hall–Kier alpha value is -1.33. The van der Waals surface area contributed by atoms with Gasteiger partial charge in [0, 0.05) is 17.6 Å². The smallest absolute Gasteiger partial charge is 0.312 e. The Labute approximate surface area is 85.6 Å². The maximum Gasteiger partial charge on any atom is 0.312 e. The van der Waals surface area contributed by atoms with Gasteiger partial charge in [-0.3, -0.25) is 10.1 Å². The second-order valence-electron chi connectivity index (χ2n) is 2.51. The highest BCUT2D eigenvalue weighted by Crippen LogP contribution is 2.29. The minimum Gasteiger partial charge on any atom is -0.485 e. The van der Waals surface area contributed by atoms with Crippen LogP contribution in [-0.2, 0) is 0 Å². The maximum atomic E-state index is 10.6. The van der Waals surface area contributed by atoms with Gasteiger partial charge in [-0.15, -0.1) is 0 Å². The zero-order valence-corrected chi connectivity index (χ0v) is 8.03. The number of nitro benzene ring substituents is 1. The van der Waals surface area contributed by atoms with Crippen molar-refractivity contribution in [1.29, 1.82) is 0 Å². The summed E-state index contributed by atoms with van der Waals surface area (Å²) in [6, 6.07) is 4.23. The van der Waals surface area contributed by atoms with Gasteiger partial charge in [0.05, 0.1) is 4.92 Å². The van der Waals surface area contributed by atoms with Crippen LogP contribution in [0.4, 0.5) is 5.69 Å². The fraction of sp³-hybridized carbons (Fsp3) is 0.250. The van der Waals surface area contributed by atoms with Crippen molar-refractivity contribution < 1.29 is 9.66 Å². The van der Waals surface area contributed by atoms with Crippen LogP contribution in [0, 0.1) is 10.1 Å². The van der Waals surface area contributed by atoms with E-state index in [1.807, 2.05) is 0 Å². The van der Waals surface area contributed by atoms with Gasteiger partial charge in [0.1, 0.15) is 6.61 Å². The molecular formula is C8H9ClN2O3. The molecule has 6 heteroatoms. The SMILES string of the molecule is NCCOc1ccc(Cl)cc1[N+](=O)[O-]. The Morgan fingerprint density at radius 1 is 1.57 bits per heavy atom. The van der Waals surface area contributed by atoms with E-state index in [2.05, 4.69) is 0 Å². The number of ether oxygens (including phenoxy) is 1. The average Bonchev–Trinajstić information content (AvgIpc) is 2.15. The molecule has 14 heavy (non-hydrogen) atoms. The number of hydrogen-bond acceptors (Lipinski definition) is 4. The van der Waals surface area contributed by atoms with Gasteiger partial charge in [-0.1, -0.05) is 11.6 Å². The predicted octanol–water partition coefficient (Wildman–Crippen LogP) is 1.59. The van der Waals surface area contributed by atoms with Gasteiger partial charge in [0.25, 0.3) is 0 Å². The second-order valence-corrected chi connectivity index (χ2v) is 2.94. The van der Waals surface area contributed by atoms with Crippen LogP contribution < -0.4 is 10.5 Å². The van der Waals surface area contributed by atoms with Gasteiger partial charge in [0.2, 0.25) is 0 Å². The van der Waals surface area contributed by atoms with Gasteiger partial charge >= 0.3 is 5.69 Å². The topological polar surface area (TPSA) is 78.4 Å². The predicted molar refractivity (Wildman–Crippen MR) is 52.7 cm³/mol. The number of rotatable bonds is 4. The third-order valence-corrected chi connectivity index (χ3v) is 1.73. The van der Waals surface area contributed by atoms with Crippen LogP contribution in [0.5, 0.6) is 5.75 Å². The molecule has 0 radical (unpaired) electrons. The molecule has 0 saturated carbocycles. The van der Waals surface area contributed by atoms with E-state index >= 15 is 0 Å². The van der Waals surface area contributed by atoms with Crippen molar-refractivity contribution in [2.75, 3.05) is 13.2 Å². The van der Waals surface area contributed by atoms with Crippen molar-refractivity contribution in [2.45, 2.75) is 0 Å². The molecule has 1 aromatic carbocycles. The highest BCUT2D eigenvalue weighted by Gasteiger charge is 2.14. The lowest BCUT2D eigenvalue weighted by Gasteiger charge is -2.04. The molecule has 0 aliphatic heterocycles. The molecule has 5 nitrogen and oxygen atoms in total. The summed E-state index contributed by atoms with van der Waals surface area (Å²) >= 11 is 5.61. The van der Waals surface area contributed by atoms with E-state index in [0.717, 1.165) is 0 Å². The van der Waals surface area contributed by atoms with Crippen molar-refractivity contribution in [2.24, 2.45) is 5.73 Å². The van der Waals surface area contributed by atoms with Gasteiger partial charge < -0.3 is 10.5 Å². The molecule has 1 rings (SSSR count). The number of nitrogens with zero attached hydrogens (tertiary/aromatic N) is 1. The summed E-state index contributed by atoms with van der Waals surface area (Å²) in [5.74, 6) is 0.185. The van der Waals surface area contributed by atoms with Crippen molar-refractivity contribution in [3.05, 3.63) is 33.3 Å². The van der Waals surface area contributed by atoms with Crippen molar-refractivity contribution >= 4 is 17.3 Å².